The molecule has 4 rings (SSSR count). The van der Waals surface area contributed by atoms with Gasteiger partial charge in [-0.3, -0.25) is 14.7 Å². The van der Waals surface area contributed by atoms with Crippen molar-refractivity contribution in [1.82, 2.24) is 15.1 Å². The summed E-state index contributed by atoms with van der Waals surface area (Å²) < 4.78 is 0. The van der Waals surface area contributed by atoms with Crippen LogP contribution in [0.1, 0.15) is 73.5 Å². The van der Waals surface area contributed by atoms with Gasteiger partial charge in [0.1, 0.15) is 5.69 Å². The molecular formula is C18H25N3O3. The molecular weight excluding hydrogens is 306 g/mol. The van der Waals surface area contributed by atoms with Crippen LogP contribution >= 0.6 is 0 Å². The molecule has 130 valence electrons. The average molecular weight is 331 g/mol. The van der Waals surface area contributed by atoms with Gasteiger partial charge in [-0.15, -0.1) is 0 Å². The van der Waals surface area contributed by atoms with Crippen molar-refractivity contribution in [3.8, 4) is 0 Å². The zero-order valence-electron chi connectivity index (χ0n) is 14.0. The number of amides is 1. The van der Waals surface area contributed by atoms with Crippen LogP contribution in [0.25, 0.3) is 0 Å². The molecule has 2 aliphatic carbocycles. The first kappa shape index (κ1) is 15.7. The van der Waals surface area contributed by atoms with Crippen molar-refractivity contribution >= 4 is 11.9 Å². The van der Waals surface area contributed by atoms with Crippen molar-refractivity contribution in [2.75, 3.05) is 13.1 Å². The van der Waals surface area contributed by atoms with Gasteiger partial charge in [-0.25, -0.2) is 0 Å². The number of hydrogen-bond acceptors (Lipinski definition) is 3. The fourth-order valence-corrected chi connectivity index (χ4v) is 5.02. The second-order valence-electron chi connectivity index (χ2n) is 7.78. The zero-order valence-corrected chi connectivity index (χ0v) is 14.0. The lowest BCUT2D eigenvalue weighted by Crippen LogP contribution is -2.37. The summed E-state index contributed by atoms with van der Waals surface area (Å²) in [5.74, 6) is -0.291. The summed E-state index contributed by atoms with van der Waals surface area (Å²) in [5.41, 5.74) is 0.777. The molecule has 0 bridgehead atoms. The van der Waals surface area contributed by atoms with Gasteiger partial charge in [-0.2, -0.15) is 5.10 Å². The molecule has 2 atom stereocenters. The van der Waals surface area contributed by atoms with Crippen LogP contribution in [0, 0.1) is 11.3 Å². The fraction of sp³-hybridized carbons (Fsp3) is 0.722. The number of carbonyl (C=O) groups is 2. The third-order valence-electron chi connectivity index (χ3n) is 6.45. The van der Waals surface area contributed by atoms with Gasteiger partial charge < -0.3 is 10.0 Å². The predicted molar refractivity (Wildman–Crippen MR) is 87.7 cm³/mol. The topological polar surface area (TPSA) is 86.3 Å². The van der Waals surface area contributed by atoms with Crippen molar-refractivity contribution < 1.29 is 14.7 Å². The highest BCUT2D eigenvalue weighted by Gasteiger charge is 2.56. The highest BCUT2D eigenvalue weighted by molar-refractivity contribution is 5.93. The summed E-state index contributed by atoms with van der Waals surface area (Å²) in [6.07, 6.45) is 8.63. The van der Waals surface area contributed by atoms with Gasteiger partial charge in [-0.1, -0.05) is 25.7 Å². The van der Waals surface area contributed by atoms with Gasteiger partial charge in [0.15, 0.2) is 0 Å². The second kappa shape index (κ2) is 5.90. The summed E-state index contributed by atoms with van der Waals surface area (Å²) in [7, 11) is 0. The lowest BCUT2D eigenvalue weighted by atomic mass is 9.81. The fourth-order valence-electron chi connectivity index (χ4n) is 5.02. The number of aliphatic carboxylic acids is 1. The smallest absolute Gasteiger partial charge is 0.311 e. The van der Waals surface area contributed by atoms with E-state index in [0.717, 1.165) is 31.4 Å². The van der Waals surface area contributed by atoms with E-state index in [4.69, 9.17) is 0 Å². The first-order valence-corrected chi connectivity index (χ1v) is 9.18. The monoisotopic (exact) mass is 331 g/mol. The van der Waals surface area contributed by atoms with E-state index in [-0.39, 0.29) is 11.8 Å². The molecule has 1 aliphatic heterocycles. The number of aromatic amines is 1. The Labute approximate surface area is 141 Å². The van der Waals surface area contributed by atoms with Crippen LogP contribution in [-0.4, -0.2) is 45.2 Å². The van der Waals surface area contributed by atoms with Gasteiger partial charge in [0.25, 0.3) is 5.91 Å². The first-order valence-electron chi connectivity index (χ1n) is 9.18. The molecule has 0 aromatic carbocycles. The number of carboxylic acid groups (broad SMARTS) is 1. The number of hydrogen-bond donors (Lipinski definition) is 2. The van der Waals surface area contributed by atoms with Crippen LogP contribution in [0.4, 0.5) is 0 Å². The lowest BCUT2D eigenvalue weighted by molar-refractivity contribution is -0.149. The quantitative estimate of drug-likeness (QED) is 0.891. The van der Waals surface area contributed by atoms with Crippen molar-refractivity contribution in [3.63, 3.8) is 0 Å². The molecule has 0 spiro atoms. The number of aromatic nitrogens is 2. The minimum absolute atomic E-state index is 0.0932. The van der Waals surface area contributed by atoms with Crippen LogP contribution < -0.4 is 0 Å². The minimum atomic E-state index is -0.745. The summed E-state index contributed by atoms with van der Waals surface area (Å²) >= 11 is 0. The third kappa shape index (κ3) is 2.43. The molecule has 0 radical (unpaired) electrons. The molecule has 2 saturated carbocycles. The summed E-state index contributed by atoms with van der Waals surface area (Å²) in [6.45, 7) is 0.883. The number of carbonyl (C=O) groups excluding carboxylic acids is 1. The Kier molecular flexibility index (Phi) is 3.85. The van der Waals surface area contributed by atoms with Gasteiger partial charge >= 0.3 is 5.97 Å². The Morgan fingerprint density at radius 3 is 2.71 bits per heavy atom. The normalized spacial score (nSPS) is 30.5. The molecule has 24 heavy (non-hydrogen) atoms. The molecule has 1 aromatic heterocycles. The largest absolute Gasteiger partial charge is 0.481 e. The summed E-state index contributed by atoms with van der Waals surface area (Å²) in [5, 5.41) is 16.9. The zero-order chi connectivity index (χ0) is 16.7. The van der Waals surface area contributed by atoms with E-state index in [9.17, 15) is 14.7 Å². The number of nitrogens with one attached hydrogen (secondary N) is 1. The van der Waals surface area contributed by atoms with Crippen LogP contribution in [0.2, 0.25) is 0 Å². The van der Waals surface area contributed by atoms with E-state index in [1.165, 1.54) is 19.3 Å². The van der Waals surface area contributed by atoms with E-state index in [2.05, 4.69) is 10.2 Å². The van der Waals surface area contributed by atoms with E-state index < -0.39 is 11.4 Å². The van der Waals surface area contributed by atoms with E-state index in [0.29, 0.717) is 31.1 Å². The predicted octanol–water partition coefficient (Wildman–Crippen LogP) is 2.78. The van der Waals surface area contributed by atoms with Gasteiger partial charge in [0, 0.05) is 24.7 Å². The Morgan fingerprint density at radius 2 is 2.00 bits per heavy atom. The van der Waals surface area contributed by atoms with E-state index in [1.807, 2.05) is 6.07 Å². The van der Waals surface area contributed by atoms with Gasteiger partial charge in [-0.05, 0) is 37.7 Å². The highest BCUT2D eigenvalue weighted by atomic mass is 16.4. The Bertz CT molecular complexity index is 650. The average Bonchev–Trinajstić information content (AvgIpc) is 3.29. The molecule has 6 heteroatoms. The Morgan fingerprint density at radius 1 is 1.21 bits per heavy atom. The second-order valence-corrected chi connectivity index (χ2v) is 7.78. The van der Waals surface area contributed by atoms with Crippen molar-refractivity contribution in [2.24, 2.45) is 11.3 Å². The molecule has 3 aliphatic rings. The molecule has 1 amide bonds. The molecule has 6 nitrogen and oxygen atoms in total. The van der Waals surface area contributed by atoms with Crippen LogP contribution in [0.15, 0.2) is 6.07 Å². The number of carboxylic acids is 1. The molecule has 1 saturated heterocycles. The lowest BCUT2D eigenvalue weighted by Gasteiger charge is -2.23. The standard InChI is InChI=1S/C18H25N3O3/c22-16(15-9-14(19-20-15)12-5-2-1-3-6-12)21-10-13-7-4-8-18(13,11-21)17(23)24/h9,12-13H,1-8,10-11H2,(H,19,20)(H,23,24)/t13-,18+/m0/s1. The molecule has 2 heterocycles. The van der Waals surface area contributed by atoms with Crippen molar-refractivity contribution in [3.05, 3.63) is 17.5 Å². The third-order valence-corrected chi connectivity index (χ3v) is 6.45. The van der Waals surface area contributed by atoms with Crippen molar-refractivity contribution in [1.29, 1.82) is 0 Å². The number of rotatable bonds is 3. The number of fused-ring (bicyclic) bond motifs is 1. The first-order chi connectivity index (χ1) is 11.6. The van der Waals surface area contributed by atoms with Crippen LogP contribution in [-0.2, 0) is 4.79 Å². The highest BCUT2D eigenvalue weighted by Crippen LogP contribution is 2.49. The van der Waals surface area contributed by atoms with Crippen LogP contribution in [0.3, 0.4) is 0 Å². The summed E-state index contributed by atoms with van der Waals surface area (Å²) in [4.78, 5) is 26.3. The Balaban J connectivity index is 1.49. The number of likely N-dealkylation sites (tertiary alicyclic amines) is 1. The molecule has 1 aromatic rings. The molecule has 2 N–H and O–H groups in total. The minimum Gasteiger partial charge on any atom is -0.481 e. The maximum Gasteiger partial charge on any atom is 0.311 e. The molecule has 0 unspecified atom stereocenters. The maximum atomic E-state index is 12.8. The van der Waals surface area contributed by atoms with E-state index >= 15 is 0 Å². The SMILES string of the molecule is O=C(c1cc(C2CCCCC2)[nH]n1)N1C[C@@H]2CCC[C@@]2(C(=O)O)C1. The van der Waals surface area contributed by atoms with Crippen LogP contribution in [0.5, 0.6) is 0 Å². The number of nitrogens with zero attached hydrogens (tertiary/aromatic N) is 2. The maximum absolute atomic E-state index is 12.8. The Hall–Kier alpha value is -1.85. The number of H-pyrrole nitrogens is 1. The summed E-state index contributed by atoms with van der Waals surface area (Å²) in [6, 6.07) is 1.89. The van der Waals surface area contributed by atoms with Gasteiger partial charge in [0.2, 0.25) is 0 Å². The van der Waals surface area contributed by atoms with Crippen molar-refractivity contribution in [2.45, 2.75) is 57.3 Å². The molecule has 3 fully saturated rings. The van der Waals surface area contributed by atoms with Gasteiger partial charge in [0.05, 0.1) is 5.41 Å². The van der Waals surface area contributed by atoms with E-state index in [1.54, 1.807) is 4.90 Å².